The van der Waals surface area contributed by atoms with Crippen molar-refractivity contribution in [3.63, 3.8) is 0 Å². The molecule has 2 fully saturated rings. The molecule has 6 heteroatoms. The molecule has 2 aliphatic heterocycles. The van der Waals surface area contributed by atoms with Crippen molar-refractivity contribution in [3.8, 4) is 0 Å². The summed E-state index contributed by atoms with van der Waals surface area (Å²) >= 11 is 0. The van der Waals surface area contributed by atoms with Gasteiger partial charge in [0.15, 0.2) is 0 Å². The zero-order chi connectivity index (χ0) is 15.1. The summed E-state index contributed by atoms with van der Waals surface area (Å²) in [6.07, 6.45) is 3.73. The summed E-state index contributed by atoms with van der Waals surface area (Å²) in [5, 5.41) is 3.38. The first kappa shape index (κ1) is 14.8. The molecule has 0 amide bonds. The molecule has 0 saturated carbocycles. The van der Waals surface area contributed by atoms with Crippen LogP contribution in [0.1, 0.15) is 27.7 Å². The molecular weight excluding hydrogens is 265 g/mol. The molecule has 3 heterocycles. The molecule has 21 heavy (non-hydrogen) atoms. The van der Waals surface area contributed by atoms with Crippen molar-refractivity contribution in [1.82, 2.24) is 10.3 Å². The third kappa shape index (κ3) is 2.68. The monoisotopic (exact) mass is 289 g/mol. The number of rotatable bonds is 2. The minimum Gasteiger partial charge on any atom is -0.399 e. The van der Waals surface area contributed by atoms with Crippen molar-refractivity contribution in [2.24, 2.45) is 0 Å². The molecule has 3 rings (SSSR count). The molecular formula is C15H24BN3O2. The van der Waals surface area contributed by atoms with Crippen LogP contribution < -0.4 is 15.7 Å². The number of nitrogens with zero attached hydrogens (tertiary/aromatic N) is 2. The zero-order valence-electron chi connectivity index (χ0n) is 13.3. The van der Waals surface area contributed by atoms with Gasteiger partial charge in [-0.1, -0.05) is 0 Å². The summed E-state index contributed by atoms with van der Waals surface area (Å²) in [4.78, 5) is 6.64. The minimum absolute atomic E-state index is 0.318. The van der Waals surface area contributed by atoms with Gasteiger partial charge in [0.2, 0.25) is 0 Å². The van der Waals surface area contributed by atoms with Crippen LogP contribution in [0.5, 0.6) is 0 Å². The largest absolute Gasteiger partial charge is 0.497 e. The van der Waals surface area contributed by atoms with E-state index in [9.17, 15) is 0 Å². The van der Waals surface area contributed by atoms with Gasteiger partial charge >= 0.3 is 7.12 Å². The highest BCUT2D eigenvalue weighted by molar-refractivity contribution is 6.63. The van der Waals surface area contributed by atoms with Gasteiger partial charge in [0.1, 0.15) is 0 Å². The molecule has 0 radical (unpaired) electrons. The second-order valence-electron chi connectivity index (χ2n) is 6.76. The van der Waals surface area contributed by atoms with Crippen molar-refractivity contribution >= 4 is 18.3 Å². The normalized spacial score (nSPS) is 24.4. The Morgan fingerprint density at radius 1 is 1.14 bits per heavy atom. The highest BCUT2D eigenvalue weighted by Crippen LogP contribution is 2.37. The summed E-state index contributed by atoms with van der Waals surface area (Å²) < 4.78 is 12.4. The van der Waals surface area contributed by atoms with E-state index >= 15 is 0 Å². The standard InChI is InChI=1S/C15H24BN3O2/c1-14(2)15(3,4)21-16(20-14)12-5-6-18-11-13(12)19-9-7-17-8-10-19/h5-6,11,17H,7-10H2,1-4H3. The smallest absolute Gasteiger partial charge is 0.399 e. The molecule has 0 aliphatic carbocycles. The fourth-order valence-corrected chi connectivity index (χ4v) is 2.74. The SMILES string of the molecule is CC1(C)OB(c2ccncc2N2CCNCC2)OC1(C)C. The first-order chi connectivity index (χ1) is 9.91. The van der Waals surface area contributed by atoms with Gasteiger partial charge in [-0.15, -0.1) is 0 Å². The average Bonchev–Trinajstić information content (AvgIpc) is 2.68. The third-order valence-electron chi connectivity index (χ3n) is 4.80. The van der Waals surface area contributed by atoms with Crippen molar-refractivity contribution in [2.45, 2.75) is 38.9 Å². The lowest BCUT2D eigenvalue weighted by atomic mass is 9.78. The molecule has 2 saturated heterocycles. The van der Waals surface area contributed by atoms with Crippen molar-refractivity contribution < 1.29 is 9.31 Å². The topological polar surface area (TPSA) is 46.6 Å². The van der Waals surface area contributed by atoms with E-state index in [4.69, 9.17) is 9.31 Å². The first-order valence-corrected chi connectivity index (χ1v) is 7.66. The van der Waals surface area contributed by atoms with Crippen molar-refractivity contribution in [2.75, 3.05) is 31.1 Å². The van der Waals surface area contributed by atoms with E-state index in [1.807, 2.05) is 18.5 Å². The van der Waals surface area contributed by atoms with Gasteiger partial charge in [-0.25, -0.2) is 0 Å². The number of hydrogen-bond donors (Lipinski definition) is 1. The van der Waals surface area contributed by atoms with E-state index in [1.165, 1.54) is 0 Å². The van der Waals surface area contributed by atoms with Crippen molar-refractivity contribution in [3.05, 3.63) is 18.5 Å². The van der Waals surface area contributed by atoms with Gasteiger partial charge < -0.3 is 19.5 Å². The molecule has 2 aliphatic rings. The average molecular weight is 289 g/mol. The molecule has 1 aromatic heterocycles. The summed E-state index contributed by atoms with van der Waals surface area (Å²) in [5.74, 6) is 0. The molecule has 0 unspecified atom stereocenters. The quantitative estimate of drug-likeness (QED) is 0.816. The highest BCUT2D eigenvalue weighted by atomic mass is 16.7. The van der Waals surface area contributed by atoms with Gasteiger partial charge in [-0.3, -0.25) is 4.98 Å². The van der Waals surface area contributed by atoms with E-state index in [2.05, 4.69) is 42.9 Å². The number of piperazine rings is 1. The lowest BCUT2D eigenvalue weighted by molar-refractivity contribution is 0.00578. The second-order valence-corrected chi connectivity index (χ2v) is 6.76. The Balaban J connectivity index is 1.89. The van der Waals surface area contributed by atoms with Crippen LogP contribution in [-0.2, 0) is 9.31 Å². The molecule has 1 aromatic rings. The number of hydrogen-bond acceptors (Lipinski definition) is 5. The van der Waals surface area contributed by atoms with E-state index < -0.39 is 0 Å². The third-order valence-corrected chi connectivity index (χ3v) is 4.80. The van der Waals surface area contributed by atoms with Crippen LogP contribution in [-0.4, -0.2) is 49.5 Å². The molecule has 5 nitrogen and oxygen atoms in total. The molecule has 0 bridgehead atoms. The summed E-state index contributed by atoms with van der Waals surface area (Å²) in [6, 6.07) is 2.01. The van der Waals surface area contributed by atoms with E-state index in [-0.39, 0.29) is 18.3 Å². The summed E-state index contributed by atoms with van der Waals surface area (Å²) in [6.45, 7) is 12.3. The maximum absolute atomic E-state index is 6.19. The number of nitrogens with one attached hydrogen (secondary N) is 1. The van der Waals surface area contributed by atoms with E-state index in [0.717, 1.165) is 37.3 Å². The van der Waals surface area contributed by atoms with Crippen LogP contribution in [0.15, 0.2) is 18.5 Å². The Morgan fingerprint density at radius 2 is 1.76 bits per heavy atom. The number of pyridine rings is 1. The lowest BCUT2D eigenvalue weighted by Gasteiger charge is -2.32. The van der Waals surface area contributed by atoms with Gasteiger partial charge in [0.25, 0.3) is 0 Å². The van der Waals surface area contributed by atoms with Crippen LogP contribution >= 0.6 is 0 Å². The summed E-state index contributed by atoms with van der Waals surface area (Å²) in [7, 11) is -0.331. The Hall–Kier alpha value is -1.11. The van der Waals surface area contributed by atoms with Gasteiger partial charge in [0, 0.05) is 44.0 Å². The van der Waals surface area contributed by atoms with Crippen LogP contribution in [0.4, 0.5) is 5.69 Å². The van der Waals surface area contributed by atoms with Gasteiger partial charge in [0.05, 0.1) is 16.9 Å². The Bertz CT molecular complexity index is 499. The van der Waals surface area contributed by atoms with Crippen LogP contribution in [0.25, 0.3) is 0 Å². The van der Waals surface area contributed by atoms with Gasteiger partial charge in [-0.2, -0.15) is 0 Å². The predicted octanol–water partition coefficient (Wildman–Crippen LogP) is 0.790. The Labute approximate surface area is 127 Å². The maximum Gasteiger partial charge on any atom is 0.497 e. The second kappa shape index (κ2) is 5.27. The number of aromatic nitrogens is 1. The molecule has 0 spiro atoms. The highest BCUT2D eigenvalue weighted by Gasteiger charge is 2.52. The fourth-order valence-electron chi connectivity index (χ4n) is 2.74. The number of anilines is 1. The van der Waals surface area contributed by atoms with Crippen LogP contribution in [0.3, 0.4) is 0 Å². The van der Waals surface area contributed by atoms with Gasteiger partial charge in [-0.05, 0) is 33.8 Å². The Morgan fingerprint density at radius 3 is 2.38 bits per heavy atom. The van der Waals surface area contributed by atoms with E-state index in [0.29, 0.717) is 0 Å². The predicted molar refractivity (Wildman–Crippen MR) is 85.0 cm³/mol. The van der Waals surface area contributed by atoms with Crippen LogP contribution in [0, 0.1) is 0 Å². The van der Waals surface area contributed by atoms with E-state index in [1.54, 1.807) is 0 Å². The van der Waals surface area contributed by atoms with Crippen molar-refractivity contribution in [1.29, 1.82) is 0 Å². The summed E-state index contributed by atoms with van der Waals surface area (Å²) in [5.41, 5.74) is 1.56. The fraction of sp³-hybridized carbons (Fsp3) is 0.667. The zero-order valence-corrected chi connectivity index (χ0v) is 13.3. The lowest BCUT2D eigenvalue weighted by Crippen LogP contribution is -2.47. The molecule has 114 valence electrons. The molecule has 0 aromatic carbocycles. The Kier molecular flexibility index (Phi) is 3.72. The maximum atomic E-state index is 6.19. The first-order valence-electron chi connectivity index (χ1n) is 7.66. The molecule has 0 atom stereocenters. The van der Waals surface area contributed by atoms with Crippen LogP contribution in [0.2, 0.25) is 0 Å². The minimum atomic E-state index is -0.331. The molecule has 1 N–H and O–H groups in total.